The molecule has 2 aliphatic rings. The van der Waals surface area contributed by atoms with Gasteiger partial charge in [0.05, 0.1) is 25.3 Å². The van der Waals surface area contributed by atoms with E-state index in [4.69, 9.17) is 16.3 Å². The first-order valence-corrected chi connectivity index (χ1v) is 11.8. The Morgan fingerprint density at radius 2 is 2.00 bits per heavy atom. The number of amides is 1. The number of halogens is 1. The summed E-state index contributed by atoms with van der Waals surface area (Å²) in [5.41, 5.74) is 4.42. The highest BCUT2D eigenvalue weighted by Crippen LogP contribution is 2.50. The Bertz CT molecular complexity index is 1210. The topological polar surface area (TPSA) is 57.9 Å². The van der Waals surface area contributed by atoms with Gasteiger partial charge in [0.15, 0.2) is 0 Å². The van der Waals surface area contributed by atoms with E-state index >= 15 is 0 Å². The van der Waals surface area contributed by atoms with Gasteiger partial charge in [-0.25, -0.2) is 0 Å². The summed E-state index contributed by atoms with van der Waals surface area (Å²) in [7, 11) is 3.74. The lowest BCUT2D eigenvalue weighted by Crippen LogP contribution is -2.67. The summed E-state index contributed by atoms with van der Waals surface area (Å²) >= 11 is 6.26. The number of aromatic nitrogens is 1. The quantitative estimate of drug-likeness (QED) is 0.618. The van der Waals surface area contributed by atoms with Crippen LogP contribution in [0.4, 0.5) is 0 Å². The van der Waals surface area contributed by atoms with Crippen LogP contribution < -0.4 is 4.74 Å². The molecule has 2 aliphatic heterocycles. The third-order valence-electron chi connectivity index (χ3n) is 7.34. The molecule has 33 heavy (non-hydrogen) atoms. The Balaban J connectivity index is 1.64. The molecule has 3 heterocycles. The highest BCUT2D eigenvalue weighted by molar-refractivity contribution is 6.30. The number of likely N-dealkylation sites (tertiary alicyclic amines) is 1. The van der Waals surface area contributed by atoms with Crippen molar-refractivity contribution in [2.24, 2.45) is 7.05 Å². The van der Waals surface area contributed by atoms with Gasteiger partial charge in [0.1, 0.15) is 5.75 Å². The fourth-order valence-electron chi connectivity index (χ4n) is 5.84. The zero-order valence-corrected chi connectivity index (χ0v) is 20.1. The molecule has 1 fully saturated rings. The van der Waals surface area contributed by atoms with Crippen LogP contribution in [0.3, 0.4) is 0 Å². The van der Waals surface area contributed by atoms with Gasteiger partial charge in [-0.15, -0.1) is 0 Å². The molecule has 174 valence electrons. The van der Waals surface area contributed by atoms with Gasteiger partial charge in [0.2, 0.25) is 5.91 Å². The molecule has 0 saturated carbocycles. The van der Waals surface area contributed by atoms with Crippen molar-refractivity contribution in [3.63, 3.8) is 0 Å². The molecular weight excluding hydrogens is 438 g/mol. The molecule has 2 aromatic carbocycles. The molecule has 0 radical (unpaired) electrons. The molecule has 1 spiro atoms. The van der Waals surface area contributed by atoms with Gasteiger partial charge >= 0.3 is 0 Å². The summed E-state index contributed by atoms with van der Waals surface area (Å²) in [5.74, 6) is 0.997. The van der Waals surface area contributed by atoms with Crippen molar-refractivity contribution in [2.75, 3.05) is 33.4 Å². The van der Waals surface area contributed by atoms with Crippen molar-refractivity contribution < 1.29 is 14.6 Å². The van der Waals surface area contributed by atoms with Gasteiger partial charge in [0.25, 0.3) is 0 Å². The molecule has 1 saturated heterocycles. The lowest BCUT2D eigenvalue weighted by atomic mass is 9.68. The molecule has 6 nitrogen and oxygen atoms in total. The average molecular weight is 468 g/mol. The number of nitrogens with zero attached hydrogens (tertiary/aromatic N) is 3. The Morgan fingerprint density at radius 3 is 2.67 bits per heavy atom. The van der Waals surface area contributed by atoms with Gasteiger partial charge in [-0.2, -0.15) is 0 Å². The predicted molar refractivity (Wildman–Crippen MR) is 130 cm³/mol. The van der Waals surface area contributed by atoms with Crippen LogP contribution in [0.5, 0.6) is 5.75 Å². The molecule has 5 rings (SSSR count). The Hall–Kier alpha value is -2.54. The fourth-order valence-corrected chi connectivity index (χ4v) is 6.05. The molecule has 1 aromatic heterocycles. The molecule has 1 atom stereocenters. The van der Waals surface area contributed by atoms with Gasteiger partial charge in [0, 0.05) is 67.2 Å². The first-order chi connectivity index (χ1) is 15.9. The maximum Gasteiger partial charge on any atom is 0.222 e. The van der Waals surface area contributed by atoms with Crippen LogP contribution in [0.1, 0.15) is 36.2 Å². The largest absolute Gasteiger partial charge is 0.497 e. The number of rotatable bonds is 5. The molecule has 7 heteroatoms. The van der Waals surface area contributed by atoms with E-state index < -0.39 is 0 Å². The van der Waals surface area contributed by atoms with Crippen LogP contribution in [0.15, 0.2) is 42.5 Å². The van der Waals surface area contributed by atoms with Crippen molar-refractivity contribution in [2.45, 2.75) is 31.3 Å². The zero-order chi connectivity index (χ0) is 23.3. The van der Waals surface area contributed by atoms with E-state index in [0.29, 0.717) is 31.1 Å². The van der Waals surface area contributed by atoms with Crippen molar-refractivity contribution in [1.29, 1.82) is 0 Å². The van der Waals surface area contributed by atoms with E-state index in [1.54, 1.807) is 7.11 Å². The highest BCUT2D eigenvalue weighted by Gasteiger charge is 2.54. The number of aryl methyl sites for hydroxylation is 1. The van der Waals surface area contributed by atoms with Crippen LogP contribution in [0.2, 0.25) is 5.02 Å². The molecular formula is C26H30ClN3O3. The van der Waals surface area contributed by atoms with Crippen LogP contribution in [0.25, 0.3) is 10.9 Å². The third-order valence-corrected chi connectivity index (χ3v) is 7.57. The average Bonchev–Trinajstić information content (AvgIpc) is 3.09. The summed E-state index contributed by atoms with van der Waals surface area (Å²) in [4.78, 5) is 16.8. The first-order valence-electron chi connectivity index (χ1n) is 11.4. The second kappa shape index (κ2) is 8.35. The highest BCUT2D eigenvalue weighted by atomic mass is 35.5. The summed E-state index contributed by atoms with van der Waals surface area (Å²) in [6.45, 7) is 4.78. The molecule has 0 aliphatic carbocycles. The van der Waals surface area contributed by atoms with Crippen LogP contribution in [0, 0.1) is 0 Å². The number of ether oxygens (including phenoxy) is 1. The lowest BCUT2D eigenvalue weighted by molar-refractivity contribution is -0.140. The molecule has 3 aromatic rings. The number of fused-ring (bicyclic) bond motifs is 4. The Kier molecular flexibility index (Phi) is 5.63. The third kappa shape index (κ3) is 3.52. The number of hydrogen-bond donors (Lipinski definition) is 1. The minimum atomic E-state index is -0.168. The second-order valence-electron chi connectivity index (χ2n) is 9.32. The Labute approximate surface area is 199 Å². The van der Waals surface area contributed by atoms with Gasteiger partial charge in [-0.3, -0.25) is 9.69 Å². The minimum absolute atomic E-state index is 0.0164. The monoisotopic (exact) mass is 467 g/mol. The van der Waals surface area contributed by atoms with Crippen LogP contribution in [-0.4, -0.2) is 58.7 Å². The standard InChI is InChI=1S/C26H30ClN3O3/c1-4-23(32)30-15-26(16-30)14-29(12-17-6-5-7-18(27)10-17)22(13-31)25-24(26)20-9-8-19(33-3)11-21(20)28(25)2/h5-11,22,31H,4,12-16H2,1-3H3/t22-/m0/s1. The number of carbonyl (C=O) groups is 1. The van der Waals surface area contributed by atoms with E-state index in [1.807, 2.05) is 36.1 Å². The number of benzene rings is 2. The maximum absolute atomic E-state index is 12.5. The van der Waals surface area contributed by atoms with Gasteiger partial charge < -0.3 is 19.3 Å². The fraction of sp³-hybridized carbons (Fsp3) is 0.423. The van der Waals surface area contributed by atoms with E-state index in [-0.39, 0.29) is 24.0 Å². The van der Waals surface area contributed by atoms with Crippen molar-refractivity contribution in [3.8, 4) is 5.75 Å². The van der Waals surface area contributed by atoms with E-state index in [1.165, 1.54) is 10.9 Å². The number of hydrogen-bond acceptors (Lipinski definition) is 4. The van der Waals surface area contributed by atoms with E-state index in [2.05, 4.69) is 34.7 Å². The summed E-state index contributed by atoms with van der Waals surface area (Å²) in [6.07, 6.45) is 0.515. The number of carbonyl (C=O) groups excluding carboxylic acids is 1. The smallest absolute Gasteiger partial charge is 0.222 e. The lowest BCUT2D eigenvalue weighted by Gasteiger charge is -2.56. The van der Waals surface area contributed by atoms with Gasteiger partial charge in [-0.1, -0.05) is 30.7 Å². The number of aliphatic hydroxyl groups excluding tert-OH is 1. The Morgan fingerprint density at radius 1 is 1.21 bits per heavy atom. The maximum atomic E-state index is 12.5. The van der Waals surface area contributed by atoms with E-state index in [0.717, 1.165) is 29.1 Å². The summed E-state index contributed by atoms with van der Waals surface area (Å²) in [6, 6.07) is 13.9. The normalized spacial score (nSPS) is 19.5. The number of methoxy groups -OCH3 is 1. The minimum Gasteiger partial charge on any atom is -0.497 e. The molecule has 1 amide bonds. The van der Waals surface area contributed by atoms with Crippen molar-refractivity contribution in [1.82, 2.24) is 14.4 Å². The van der Waals surface area contributed by atoms with E-state index in [9.17, 15) is 9.90 Å². The molecule has 0 bridgehead atoms. The first kappa shape index (κ1) is 22.3. The van der Waals surface area contributed by atoms with Crippen LogP contribution in [-0.2, 0) is 23.8 Å². The molecule has 0 unspecified atom stereocenters. The van der Waals surface area contributed by atoms with Crippen LogP contribution >= 0.6 is 11.6 Å². The summed E-state index contributed by atoms with van der Waals surface area (Å²) in [5, 5.41) is 12.4. The molecule has 1 N–H and O–H groups in total. The number of aliphatic hydroxyl groups is 1. The zero-order valence-electron chi connectivity index (χ0n) is 19.3. The predicted octanol–water partition coefficient (Wildman–Crippen LogP) is 3.88. The second-order valence-corrected chi connectivity index (χ2v) is 9.76. The van der Waals surface area contributed by atoms with Crippen molar-refractivity contribution in [3.05, 3.63) is 64.3 Å². The summed E-state index contributed by atoms with van der Waals surface area (Å²) < 4.78 is 7.69. The van der Waals surface area contributed by atoms with Gasteiger partial charge in [-0.05, 0) is 35.4 Å². The SMILES string of the molecule is CCC(=O)N1CC2(C1)CN(Cc1cccc(Cl)c1)[C@@H](CO)c1c2c2ccc(OC)cc2n1C. The van der Waals surface area contributed by atoms with Crippen molar-refractivity contribution >= 4 is 28.4 Å².